The Labute approximate surface area is 127 Å². The second kappa shape index (κ2) is 4.49. The van der Waals surface area contributed by atoms with Gasteiger partial charge in [-0.1, -0.05) is 19.9 Å². The summed E-state index contributed by atoms with van der Waals surface area (Å²) in [5.41, 5.74) is 2.51. The number of nitrogens with zero attached hydrogens (tertiary/aromatic N) is 2. The molecule has 1 saturated carbocycles. The predicted octanol–water partition coefficient (Wildman–Crippen LogP) is 4.85. The zero-order valence-corrected chi connectivity index (χ0v) is 12.7. The zero-order chi connectivity index (χ0) is 15.6. The van der Waals surface area contributed by atoms with Crippen molar-refractivity contribution in [3.05, 3.63) is 29.6 Å². The number of hydrogen-bond donors (Lipinski definition) is 0. The van der Waals surface area contributed by atoms with Crippen LogP contribution in [0.4, 0.5) is 13.2 Å². The Morgan fingerprint density at radius 1 is 1.27 bits per heavy atom. The van der Waals surface area contributed by atoms with E-state index in [0.29, 0.717) is 41.0 Å². The van der Waals surface area contributed by atoms with Crippen LogP contribution in [-0.4, -0.2) is 15.7 Å². The van der Waals surface area contributed by atoms with Crippen molar-refractivity contribution in [3.8, 4) is 0 Å². The lowest BCUT2D eigenvalue weighted by Crippen LogP contribution is -2.23. The number of rotatable bonds is 2. The SMILES string of the molecule is CC(C)[C@H]1C[C@@H]1c1ccc2nc3n(c2c1)[C@@H](C(F)(F)F)CC3. The number of imidazole rings is 1. The van der Waals surface area contributed by atoms with Crippen molar-refractivity contribution >= 4 is 11.0 Å². The van der Waals surface area contributed by atoms with Gasteiger partial charge in [0.05, 0.1) is 11.0 Å². The Morgan fingerprint density at radius 2 is 2.05 bits per heavy atom. The number of fused-ring (bicyclic) bond motifs is 3. The normalized spacial score (nSPS) is 27.6. The molecule has 3 atom stereocenters. The highest BCUT2D eigenvalue weighted by Crippen LogP contribution is 2.52. The first kappa shape index (κ1) is 14.1. The fourth-order valence-electron chi connectivity index (χ4n) is 3.95. The lowest BCUT2D eigenvalue weighted by Gasteiger charge is -2.18. The van der Waals surface area contributed by atoms with Crippen LogP contribution in [0, 0.1) is 11.8 Å². The maximum Gasteiger partial charge on any atom is 0.409 e. The molecule has 0 spiro atoms. The second-order valence-corrected chi connectivity index (χ2v) is 6.99. The fourth-order valence-corrected chi connectivity index (χ4v) is 3.95. The third-order valence-electron chi connectivity index (χ3n) is 5.24. The Morgan fingerprint density at radius 3 is 2.68 bits per heavy atom. The minimum absolute atomic E-state index is 0.115. The molecule has 4 rings (SSSR count). The van der Waals surface area contributed by atoms with Crippen molar-refractivity contribution < 1.29 is 13.2 Å². The van der Waals surface area contributed by atoms with E-state index in [1.165, 1.54) is 10.1 Å². The van der Waals surface area contributed by atoms with Crippen LogP contribution in [0.2, 0.25) is 0 Å². The summed E-state index contributed by atoms with van der Waals surface area (Å²) in [5.74, 6) is 2.36. The minimum Gasteiger partial charge on any atom is -0.316 e. The molecule has 118 valence electrons. The van der Waals surface area contributed by atoms with E-state index < -0.39 is 12.2 Å². The van der Waals surface area contributed by atoms with E-state index in [-0.39, 0.29) is 6.42 Å². The largest absolute Gasteiger partial charge is 0.409 e. The highest BCUT2D eigenvalue weighted by molar-refractivity contribution is 5.78. The van der Waals surface area contributed by atoms with Crippen molar-refractivity contribution in [2.24, 2.45) is 11.8 Å². The van der Waals surface area contributed by atoms with Crippen molar-refractivity contribution in [3.63, 3.8) is 0 Å². The van der Waals surface area contributed by atoms with Gasteiger partial charge in [0, 0.05) is 6.42 Å². The molecule has 0 radical (unpaired) electrons. The van der Waals surface area contributed by atoms with E-state index in [9.17, 15) is 13.2 Å². The molecule has 2 heterocycles. The number of aryl methyl sites for hydroxylation is 1. The van der Waals surface area contributed by atoms with Gasteiger partial charge in [-0.15, -0.1) is 0 Å². The average Bonchev–Trinajstić information content (AvgIpc) is 2.99. The summed E-state index contributed by atoms with van der Waals surface area (Å²) in [6.45, 7) is 4.42. The number of halogens is 3. The Bertz CT molecular complexity index is 729. The summed E-state index contributed by atoms with van der Waals surface area (Å²) < 4.78 is 41.1. The van der Waals surface area contributed by atoms with Crippen molar-refractivity contribution in [2.75, 3.05) is 0 Å². The molecule has 1 aliphatic carbocycles. The molecular weight excluding hydrogens is 289 g/mol. The standard InChI is InChI=1S/C17H19F3N2/c1-9(2)11-8-12(11)10-3-4-13-14(7-10)22-15(17(18,19)20)5-6-16(22)21-13/h3-4,7,9,11-12,15H,5-6,8H2,1-2H3/t11-,12-,15-/m1/s1. The molecule has 1 aromatic carbocycles. The quantitative estimate of drug-likeness (QED) is 0.776. The second-order valence-electron chi connectivity index (χ2n) is 6.99. The van der Waals surface area contributed by atoms with Crippen LogP contribution >= 0.6 is 0 Å². The van der Waals surface area contributed by atoms with Crippen LogP contribution < -0.4 is 0 Å². The minimum atomic E-state index is -4.20. The van der Waals surface area contributed by atoms with E-state index in [4.69, 9.17) is 0 Å². The van der Waals surface area contributed by atoms with Gasteiger partial charge in [0.25, 0.3) is 0 Å². The van der Waals surface area contributed by atoms with Gasteiger partial charge >= 0.3 is 6.18 Å². The predicted molar refractivity (Wildman–Crippen MR) is 78.8 cm³/mol. The average molecular weight is 308 g/mol. The highest BCUT2D eigenvalue weighted by atomic mass is 19.4. The first-order chi connectivity index (χ1) is 10.4. The maximum atomic E-state index is 13.2. The number of alkyl halides is 3. The summed E-state index contributed by atoms with van der Waals surface area (Å²) in [6, 6.07) is 4.46. The Hall–Kier alpha value is -1.52. The molecule has 0 amide bonds. The van der Waals surface area contributed by atoms with E-state index in [1.807, 2.05) is 18.2 Å². The van der Waals surface area contributed by atoms with Crippen LogP contribution in [0.5, 0.6) is 0 Å². The molecule has 0 bridgehead atoms. The van der Waals surface area contributed by atoms with E-state index in [0.717, 1.165) is 6.42 Å². The smallest absolute Gasteiger partial charge is 0.316 e. The molecular formula is C17H19F3N2. The van der Waals surface area contributed by atoms with Crippen molar-refractivity contribution in [2.45, 2.75) is 51.2 Å². The Balaban J connectivity index is 1.77. The lowest BCUT2D eigenvalue weighted by molar-refractivity contribution is -0.164. The van der Waals surface area contributed by atoms with Gasteiger partial charge in [-0.25, -0.2) is 4.98 Å². The van der Waals surface area contributed by atoms with E-state index in [1.54, 1.807) is 0 Å². The molecule has 2 nitrogen and oxygen atoms in total. The topological polar surface area (TPSA) is 17.8 Å². The summed E-state index contributed by atoms with van der Waals surface area (Å²) in [6.07, 6.45) is -2.53. The molecule has 1 fully saturated rings. The van der Waals surface area contributed by atoms with Gasteiger partial charge in [-0.05, 0) is 48.3 Å². The molecule has 2 aliphatic rings. The molecule has 1 aromatic heterocycles. The first-order valence-electron chi connectivity index (χ1n) is 7.93. The summed E-state index contributed by atoms with van der Waals surface area (Å²) in [4.78, 5) is 4.39. The lowest BCUT2D eigenvalue weighted by atomic mass is 10.0. The van der Waals surface area contributed by atoms with Gasteiger partial charge in [0.15, 0.2) is 0 Å². The van der Waals surface area contributed by atoms with Gasteiger partial charge in [-0.2, -0.15) is 13.2 Å². The summed E-state index contributed by atoms with van der Waals surface area (Å²) >= 11 is 0. The van der Waals surface area contributed by atoms with E-state index >= 15 is 0 Å². The molecule has 0 saturated heterocycles. The van der Waals surface area contributed by atoms with Crippen LogP contribution in [0.3, 0.4) is 0 Å². The van der Waals surface area contributed by atoms with Crippen LogP contribution in [-0.2, 0) is 6.42 Å². The van der Waals surface area contributed by atoms with Crippen molar-refractivity contribution in [1.82, 2.24) is 9.55 Å². The van der Waals surface area contributed by atoms with Crippen molar-refractivity contribution in [1.29, 1.82) is 0 Å². The summed E-state index contributed by atoms with van der Waals surface area (Å²) in [5, 5.41) is 0. The zero-order valence-electron chi connectivity index (χ0n) is 12.7. The van der Waals surface area contributed by atoms with Gasteiger partial charge in [-0.3, -0.25) is 0 Å². The Kier molecular flexibility index (Phi) is 2.88. The molecule has 2 aromatic rings. The van der Waals surface area contributed by atoms with Crippen LogP contribution in [0.15, 0.2) is 18.2 Å². The molecule has 1 aliphatic heterocycles. The van der Waals surface area contributed by atoms with Gasteiger partial charge < -0.3 is 4.57 Å². The molecule has 0 N–H and O–H groups in total. The van der Waals surface area contributed by atoms with E-state index in [2.05, 4.69) is 18.8 Å². The molecule has 5 heteroatoms. The maximum absolute atomic E-state index is 13.2. The molecule has 0 unspecified atom stereocenters. The van der Waals surface area contributed by atoms with Crippen LogP contribution in [0.1, 0.15) is 50.0 Å². The monoisotopic (exact) mass is 308 g/mol. The number of hydrogen-bond acceptors (Lipinski definition) is 1. The highest BCUT2D eigenvalue weighted by Gasteiger charge is 2.46. The number of aromatic nitrogens is 2. The first-order valence-corrected chi connectivity index (χ1v) is 7.93. The summed E-state index contributed by atoms with van der Waals surface area (Å²) in [7, 11) is 0. The fraction of sp³-hybridized carbons (Fsp3) is 0.588. The third kappa shape index (κ3) is 2.05. The number of benzene rings is 1. The third-order valence-corrected chi connectivity index (χ3v) is 5.24. The molecule has 22 heavy (non-hydrogen) atoms. The van der Waals surface area contributed by atoms with Gasteiger partial charge in [0.2, 0.25) is 0 Å². The van der Waals surface area contributed by atoms with Crippen LogP contribution in [0.25, 0.3) is 11.0 Å². The van der Waals surface area contributed by atoms with Gasteiger partial charge in [0.1, 0.15) is 11.9 Å².